The predicted molar refractivity (Wildman–Crippen MR) is 166 cm³/mol. The number of carbonyl (C=O) groups is 1. The number of rotatable bonds is 3. The van der Waals surface area contributed by atoms with Gasteiger partial charge in [-0.2, -0.15) is 0 Å². The van der Waals surface area contributed by atoms with E-state index in [4.69, 9.17) is 4.74 Å². The van der Waals surface area contributed by atoms with Crippen molar-refractivity contribution in [3.05, 3.63) is 53.6 Å². The van der Waals surface area contributed by atoms with E-state index < -0.39 is 5.60 Å². The molecule has 218 valence electrons. The van der Waals surface area contributed by atoms with Gasteiger partial charge in [0.2, 0.25) is 0 Å². The molecule has 0 amide bonds. The molecular weight excluding hydrogens is 488 g/mol. The summed E-state index contributed by atoms with van der Waals surface area (Å²) in [5, 5.41) is 0. The molecule has 5 unspecified atom stereocenters. The van der Waals surface area contributed by atoms with Gasteiger partial charge in [0.25, 0.3) is 0 Å². The molecule has 0 aromatic heterocycles. The number of hydrogen-bond acceptors (Lipinski definition) is 2. The van der Waals surface area contributed by atoms with Gasteiger partial charge in [-0.15, -0.1) is 0 Å². The molecule has 0 spiro atoms. The van der Waals surface area contributed by atoms with Crippen LogP contribution in [0, 0.1) is 58.2 Å². The van der Waals surface area contributed by atoms with E-state index in [2.05, 4.69) is 52.5 Å². The number of carbonyl (C=O) groups excluding carboxylic acids is 1. The summed E-state index contributed by atoms with van der Waals surface area (Å²) in [6.45, 7) is 20.3. The maximum absolute atomic E-state index is 12.6. The molecule has 0 aliphatic heterocycles. The van der Waals surface area contributed by atoms with Crippen LogP contribution in [0.2, 0.25) is 0 Å². The van der Waals surface area contributed by atoms with Gasteiger partial charge in [0.1, 0.15) is 5.60 Å². The molecule has 0 bridgehead atoms. The zero-order chi connectivity index (χ0) is 28.6. The van der Waals surface area contributed by atoms with Crippen LogP contribution in [-0.4, -0.2) is 11.6 Å². The summed E-state index contributed by atoms with van der Waals surface area (Å²) in [5.74, 6) is 6.68. The van der Waals surface area contributed by atoms with Crippen LogP contribution < -0.4 is 0 Å². The lowest BCUT2D eigenvalue weighted by Gasteiger charge is -2.63. The van der Waals surface area contributed by atoms with Crippen molar-refractivity contribution < 1.29 is 9.53 Å². The van der Waals surface area contributed by atoms with Gasteiger partial charge in [0.05, 0.1) is 5.56 Å². The Morgan fingerprint density at radius 1 is 0.875 bits per heavy atom. The topological polar surface area (TPSA) is 26.3 Å². The summed E-state index contributed by atoms with van der Waals surface area (Å²) in [7, 11) is 0. The van der Waals surface area contributed by atoms with Crippen LogP contribution in [-0.2, 0) is 4.74 Å². The highest BCUT2D eigenvalue weighted by Gasteiger charge is 2.60. The highest BCUT2D eigenvalue weighted by atomic mass is 16.6. The third-order valence-corrected chi connectivity index (χ3v) is 12.9. The number of hydrogen-bond donors (Lipinski definition) is 0. The minimum atomic E-state index is -0.476. The highest BCUT2D eigenvalue weighted by Crippen LogP contribution is 2.69. The summed E-state index contributed by atoms with van der Waals surface area (Å²) in [6, 6.07) is 8.23. The van der Waals surface area contributed by atoms with Crippen LogP contribution >= 0.6 is 0 Å². The van der Waals surface area contributed by atoms with E-state index in [1.807, 2.05) is 32.9 Å². The van der Waals surface area contributed by atoms with Crippen molar-refractivity contribution in [2.24, 2.45) is 58.2 Å². The lowest BCUT2D eigenvalue weighted by atomic mass is 9.41. The molecule has 9 atom stereocenters. The van der Waals surface area contributed by atoms with Gasteiger partial charge >= 0.3 is 5.97 Å². The lowest BCUT2D eigenvalue weighted by molar-refractivity contribution is -0.131. The second-order valence-electron chi connectivity index (χ2n) is 16.4. The van der Waals surface area contributed by atoms with Crippen LogP contribution in [0.25, 0.3) is 5.57 Å². The van der Waals surface area contributed by atoms with Crippen LogP contribution in [0.3, 0.4) is 0 Å². The molecule has 0 heterocycles. The molecule has 2 heteroatoms. The van der Waals surface area contributed by atoms with Gasteiger partial charge in [-0.1, -0.05) is 51.1 Å². The van der Waals surface area contributed by atoms with Gasteiger partial charge in [0, 0.05) is 0 Å². The molecule has 1 aromatic carbocycles. The predicted octanol–water partition coefficient (Wildman–Crippen LogP) is 10.1. The van der Waals surface area contributed by atoms with E-state index in [1.54, 1.807) is 0 Å². The largest absolute Gasteiger partial charge is 0.456 e. The quantitative estimate of drug-likeness (QED) is 0.280. The third-order valence-electron chi connectivity index (χ3n) is 12.9. The first-order chi connectivity index (χ1) is 18.8. The van der Waals surface area contributed by atoms with Gasteiger partial charge in [-0.25, -0.2) is 4.79 Å². The molecule has 0 N–H and O–H groups in total. The highest BCUT2D eigenvalue weighted by molar-refractivity contribution is 5.90. The zero-order valence-corrected chi connectivity index (χ0v) is 26.4. The third kappa shape index (κ3) is 4.55. The summed E-state index contributed by atoms with van der Waals surface area (Å²) >= 11 is 0. The van der Waals surface area contributed by atoms with E-state index in [9.17, 15) is 4.79 Å². The summed E-state index contributed by atoms with van der Waals surface area (Å²) in [5.41, 5.74) is 5.07. The van der Waals surface area contributed by atoms with Crippen molar-refractivity contribution in [2.45, 2.75) is 112 Å². The van der Waals surface area contributed by atoms with Gasteiger partial charge in [0.15, 0.2) is 0 Å². The standard InChI is InChI=1S/C38H54O2/c1-23(2)27-14-13-25-21-22-38(8)32-20-19-31-28(29(32)16-18-33(38)34(25)27)15-17-30(37(31,6)7)24-9-11-26(12-10-24)35(39)40-36(3,4)5/h9-12,17,25,27-29,31-34H,1,13-16,18-22H2,2-8H3/t25?,27-,28?,29+,31+,32?,33?,34?,38-/m0/s1. The number of fused-ring (bicyclic) bond motifs is 7. The van der Waals surface area contributed by atoms with Crippen LogP contribution in [0.4, 0.5) is 0 Å². The van der Waals surface area contributed by atoms with Gasteiger partial charge < -0.3 is 4.74 Å². The maximum atomic E-state index is 12.6. The summed E-state index contributed by atoms with van der Waals surface area (Å²) < 4.78 is 5.60. The molecule has 2 nitrogen and oxygen atoms in total. The molecule has 4 fully saturated rings. The molecule has 40 heavy (non-hydrogen) atoms. The van der Waals surface area contributed by atoms with Crippen molar-refractivity contribution in [1.82, 2.24) is 0 Å². The van der Waals surface area contributed by atoms with Crippen molar-refractivity contribution in [2.75, 3.05) is 0 Å². The van der Waals surface area contributed by atoms with Crippen LogP contribution in [0.15, 0.2) is 42.5 Å². The molecule has 1 aromatic rings. The first kappa shape index (κ1) is 28.3. The minimum absolute atomic E-state index is 0.146. The van der Waals surface area contributed by atoms with E-state index in [-0.39, 0.29) is 11.4 Å². The van der Waals surface area contributed by atoms with Crippen LogP contribution in [0.5, 0.6) is 0 Å². The van der Waals surface area contributed by atoms with Crippen molar-refractivity contribution in [3.63, 3.8) is 0 Å². The molecule has 0 saturated heterocycles. The normalized spacial score (nSPS) is 40.1. The molecule has 5 aliphatic rings. The van der Waals surface area contributed by atoms with Gasteiger partial charge in [-0.05, 0) is 167 Å². The smallest absolute Gasteiger partial charge is 0.338 e. The van der Waals surface area contributed by atoms with E-state index in [0.717, 1.165) is 47.3 Å². The molecule has 5 aliphatic carbocycles. The van der Waals surface area contributed by atoms with E-state index in [1.165, 1.54) is 74.5 Å². The van der Waals surface area contributed by atoms with Crippen LogP contribution in [0.1, 0.15) is 122 Å². The Morgan fingerprint density at radius 2 is 1.55 bits per heavy atom. The van der Waals surface area contributed by atoms with Crippen molar-refractivity contribution in [3.8, 4) is 0 Å². The Hall–Kier alpha value is -1.83. The fourth-order valence-corrected chi connectivity index (χ4v) is 11.3. The average Bonchev–Trinajstić information content (AvgIpc) is 3.32. The first-order valence-electron chi connectivity index (χ1n) is 16.5. The first-order valence-corrected chi connectivity index (χ1v) is 16.5. The number of benzene rings is 1. The maximum Gasteiger partial charge on any atom is 0.338 e. The second-order valence-corrected chi connectivity index (χ2v) is 16.4. The monoisotopic (exact) mass is 542 g/mol. The average molecular weight is 543 g/mol. The Labute approximate surface area is 244 Å². The molecule has 6 rings (SSSR count). The Balaban J connectivity index is 1.23. The van der Waals surface area contributed by atoms with Crippen molar-refractivity contribution >= 4 is 11.5 Å². The van der Waals surface area contributed by atoms with Crippen molar-refractivity contribution in [1.29, 1.82) is 0 Å². The fraction of sp³-hybridized carbons (Fsp3) is 0.711. The molecule has 4 saturated carbocycles. The Bertz CT molecular complexity index is 1180. The Morgan fingerprint density at radius 3 is 2.23 bits per heavy atom. The zero-order valence-electron chi connectivity index (χ0n) is 26.4. The summed E-state index contributed by atoms with van der Waals surface area (Å²) in [6.07, 6.45) is 15.3. The number of ether oxygens (including phenoxy) is 1. The fourth-order valence-electron chi connectivity index (χ4n) is 11.3. The number of esters is 1. The molecular formula is C38H54O2. The SMILES string of the molecule is C=C(C)[C@@H]1CCC2CC[C@]3(C)C(CC[C@@H]4C5CC=C(c6ccc(C(=O)OC(C)(C)C)cc6)C(C)(C)[C@@H]5CCC43)C21. The van der Waals surface area contributed by atoms with E-state index in [0.29, 0.717) is 11.0 Å². The minimum Gasteiger partial charge on any atom is -0.456 e. The van der Waals surface area contributed by atoms with E-state index >= 15 is 0 Å². The van der Waals surface area contributed by atoms with Gasteiger partial charge in [-0.3, -0.25) is 0 Å². The second kappa shape index (κ2) is 9.88. The lowest BCUT2D eigenvalue weighted by Crippen LogP contribution is -2.56. The number of allylic oxidation sites excluding steroid dienone is 3. The Kier molecular flexibility index (Phi) is 6.99. The molecule has 0 radical (unpaired) electrons. The summed E-state index contributed by atoms with van der Waals surface area (Å²) in [4.78, 5) is 12.6.